The average Bonchev–Trinajstić information content (AvgIpc) is 3.28. The van der Waals surface area contributed by atoms with E-state index in [0.29, 0.717) is 44.5 Å². The zero-order valence-electron chi connectivity index (χ0n) is 29.7. The number of nitrogens with one attached hydrogen (secondary N) is 6. The van der Waals surface area contributed by atoms with Crippen LogP contribution in [0.4, 0.5) is 4.79 Å². The van der Waals surface area contributed by atoms with Crippen molar-refractivity contribution in [2.24, 2.45) is 28.1 Å². The number of hydrogen-bond acceptors (Lipinski definition) is 7. The molecule has 1 aliphatic heterocycles. The molecule has 47 heavy (non-hydrogen) atoms. The third-order valence-electron chi connectivity index (χ3n) is 9.38. The lowest BCUT2D eigenvalue weighted by molar-refractivity contribution is -0.145. The zero-order valence-corrected chi connectivity index (χ0v) is 30.5. The van der Waals surface area contributed by atoms with E-state index < -0.39 is 47.2 Å². The minimum atomic E-state index is -1.03. The van der Waals surface area contributed by atoms with Crippen LogP contribution in [0, 0.1) is 28.1 Å². The van der Waals surface area contributed by atoms with Gasteiger partial charge in [0.1, 0.15) is 12.1 Å². The molecule has 6 atom stereocenters. The molecule has 0 bridgehead atoms. The Morgan fingerprint density at radius 3 is 2.21 bits per heavy atom. The molecule has 1 heterocycles. The molecule has 0 radical (unpaired) electrons. The minimum Gasteiger partial charge on any atom is -0.346 e. The lowest BCUT2D eigenvalue weighted by Crippen LogP contribution is -2.62. The van der Waals surface area contributed by atoms with Gasteiger partial charge in [0, 0.05) is 25.7 Å². The average molecular weight is 681 g/mol. The number of carbonyl (C=O) groups is 5. The Bertz CT molecular complexity index is 1170. The van der Waals surface area contributed by atoms with Crippen molar-refractivity contribution in [3.05, 3.63) is 12.7 Å². The first-order valence-corrected chi connectivity index (χ1v) is 17.4. The number of ketones is 1. The van der Waals surface area contributed by atoms with Crippen molar-refractivity contribution >= 4 is 41.4 Å². The Morgan fingerprint density at radius 1 is 1.00 bits per heavy atom. The Balaban J connectivity index is 2.23. The molecule has 0 spiro atoms. The predicted octanol–water partition coefficient (Wildman–Crippen LogP) is 1.67. The van der Waals surface area contributed by atoms with Crippen LogP contribution in [0.5, 0.6) is 0 Å². The van der Waals surface area contributed by atoms with Crippen molar-refractivity contribution < 1.29 is 28.2 Å². The Labute approximate surface area is 284 Å². The number of hydrogen-bond donors (Lipinski definition) is 6. The summed E-state index contributed by atoms with van der Waals surface area (Å²) in [5, 5.41) is 14.6. The van der Waals surface area contributed by atoms with E-state index >= 15 is 0 Å². The van der Waals surface area contributed by atoms with E-state index in [1.165, 1.54) is 6.08 Å². The quantitative estimate of drug-likeness (QED) is 0.0419. The van der Waals surface area contributed by atoms with Crippen molar-refractivity contribution in [3.8, 4) is 0 Å². The van der Waals surface area contributed by atoms with Crippen molar-refractivity contribution in [2.75, 3.05) is 32.7 Å². The first kappa shape index (κ1) is 40.2. The van der Waals surface area contributed by atoms with Crippen molar-refractivity contribution in [3.63, 3.8) is 0 Å². The second kappa shape index (κ2) is 16.9. The fourth-order valence-corrected chi connectivity index (χ4v) is 6.56. The highest BCUT2D eigenvalue weighted by Crippen LogP contribution is 2.65. The summed E-state index contributed by atoms with van der Waals surface area (Å²) in [5.74, 6) is -2.41. The Morgan fingerprint density at radius 2 is 1.66 bits per heavy atom. The van der Waals surface area contributed by atoms with Crippen LogP contribution in [0.15, 0.2) is 12.7 Å². The molecule has 2 fully saturated rings. The van der Waals surface area contributed by atoms with Crippen LogP contribution in [0.1, 0.15) is 81.6 Å². The predicted molar refractivity (Wildman–Crippen MR) is 183 cm³/mol. The molecule has 14 heteroatoms. The fraction of sp³-hybridized carbons (Fsp3) is 0.788. The molecule has 266 valence electrons. The maximum absolute atomic E-state index is 14.3. The van der Waals surface area contributed by atoms with Gasteiger partial charge in [-0.15, -0.1) is 6.58 Å². The first-order chi connectivity index (χ1) is 21.8. The normalized spacial score (nSPS) is 21.8. The van der Waals surface area contributed by atoms with Gasteiger partial charge < -0.3 is 31.5 Å². The SMILES string of the molecule is C=CCNC(=O)C(=O)C(CCC)NC(=O)[C@@H]1[C@@H]2[C@H](CN1C(=O)[C@@H](NC(=O)N[C@H](CNCCCN[S+]=O)C(C)(C)C)C(C)(C)C)C2(C)C. The van der Waals surface area contributed by atoms with Gasteiger partial charge in [0.15, 0.2) is 0 Å². The topological polar surface area (TPSA) is 178 Å². The molecule has 6 N–H and O–H groups in total. The summed E-state index contributed by atoms with van der Waals surface area (Å²) in [4.78, 5) is 68.6. The van der Waals surface area contributed by atoms with E-state index in [1.807, 2.05) is 48.5 Å². The molecule has 13 nitrogen and oxygen atoms in total. The van der Waals surface area contributed by atoms with Gasteiger partial charge in [-0.3, -0.25) is 19.2 Å². The zero-order chi connectivity index (χ0) is 35.7. The summed E-state index contributed by atoms with van der Waals surface area (Å²) in [6, 6.07) is -3.57. The third-order valence-corrected chi connectivity index (χ3v) is 9.70. The fourth-order valence-electron chi connectivity index (χ4n) is 6.33. The molecule has 1 saturated carbocycles. The molecular weight excluding hydrogens is 622 g/mol. The standard InChI is InChI=1S/C33H57N7O6S/c1-11-14-21(25(41)28(43)35-15-12-2)37-27(42)24-23-20(33(23,9)10)19-40(24)29(44)26(32(6,7)8)39-30(45)38-22(31(3,4)5)18-34-16-13-17-36-47-46/h12,20-24,26,34H,2,11,13-19H2,1,3-10H3,(H4-,35,36,37,38,39,42,43,45,46)/p+1/t20-,21?,22+,23-,24-,26+/m0/s1. The molecule has 1 saturated heterocycles. The van der Waals surface area contributed by atoms with Gasteiger partial charge in [-0.25, -0.2) is 4.79 Å². The number of amides is 5. The molecule has 1 aliphatic carbocycles. The summed E-state index contributed by atoms with van der Waals surface area (Å²) in [6.45, 7) is 23.4. The number of rotatable bonds is 18. The number of fused-ring (bicyclic) bond motifs is 1. The van der Waals surface area contributed by atoms with Crippen LogP contribution in [0.3, 0.4) is 0 Å². The second-order valence-electron chi connectivity index (χ2n) is 15.5. The maximum atomic E-state index is 14.3. The van der Waals surface area contributed by atoms with Crippen LogP contribution in [0.2, 0.25) is 0 Å². The second-order valence-corrected chi connectivity index (χ2v) is 15.9. The number of carbonyl (C=O) groups excluding carboxylic acids is 5. The summed E-state index contributed by atoms with van der Waals surface area (Å²) in [5.41, 5.74) is -1.16. The van der Waals surface area contributed by atoms with E-state index in [0.717, 1.165) is 6.42 Å². The lowest BCUT2D eigenvalue weighted by atomic mass is 9.85. The highest BCUT2D eigenvalue weighted by atomic mass is 32.2. The number of likely N-dealkylation sites (tertiary alicyclic amines) is 1. The largest absolute Gasteiger partial charge is 0.587 e. The number of Topliss-reactive ketones (excluding diaryl/α,β-unsaturated/α-hetero) is 1. The van der Waals surface area contributed by atoms with Crippen molar-refractivity contribution in [1.82, 2.24) is 36.2 Å². The maximum Gasteiger partial charge on any atom is 0.587 e. The molecule has 0 aromatic heterocycles. The monoisotopic (exact) mass is 680 g/mol. The molecule has 1 unspecified atom stereocenters. The summed E-state index contributed by atoms with van der Waals surface area (Å²) in [6.07, 6.45) is 3.05. The van der Waals surface area contributed by atoms with Crippen molar-refractivity contribution in [1.29, 1.82) is 0 Å². The Kier molecular flexibility index (Phi) is 14.5. The van der Waals surface area contributed by atoms with Crippen LogP contribution in [-0.2, 0) is 35.2 Å². The number of piperidine rings is 1. The smallest absolute Gasteiger partial charge is 0.346 e. The Hall–Kier alpha value is -2.97. The highest BCUT2D eigenvalue weighted by Gasteiger charge is 2.70. The summed E-state index contributed by atoms with van der Waals surface area (Å²) >= 11 is 0.333. The first-order valence-electron chi connectivity index (χ1n) is 16.7. The van der Waals surface area contributed by atoms with Crippen molar-refractivity contribution in [2.45, 2.75) is 106 Å². The van der Waals surface area contributed by atoms with Crippen LogP contribution in [0.25, 0.3) is 0 Å². The minimum absolute atomic E-state index is 0.0895. The molecular formula is C33H58N7O6S+. The number of nitrogens with zero attached hydrogens (tertiary/aromatic N) is 1. The van der Waals surface area contributed by atoms with Crippen LogP contribution < -0.4 is 31.3 Å². The van der Waals surface area contributed by atoms with Gasteiger partial charge in [0.25, 0.3) is 5.91 Å². The molecule has 2 aliphatic rings. The van der Waals surface area contributed by atoms with Gasteiger partial charge in [0.05, 0.1) is 16.8 Å². The van der Waals surface area contributed by atoms with E-state index in [1.54, 1.807) is 4.90 Å². The van der Waals surface area contributed by atoms with Gasteiger partial charge >= 0.3 is 17.9 Å². The van der Waals surface area contributed by atoms with Gasteiger partial charge in [-0.1, -0.05) is 74.8 Å². The van der Waals surface area contributed by atoms with E-state index in [-0.39, 0.29) is 47.6 Å². The third kappa shape index (κ3) is 10.8. The molecule has 2 rings (SSSR count). The van der Waals surface area contributed by atoms with Gasteiger partial charge in [-0.2, -0.15) is 0 Å². The number of urea groups is 1. The van der Waals surface area contributed by atoms with Gasteiger partial charge in [-0.05, 0) is 52.2 Å². The molecule has 0 aromatic carbocycles. The molecule has 5 amide bonds. The van der Waals surface area contributed by atoms with E-state index in [9.17, 15) is 28.2 Å². The van der Waals surface area contributed by atoms with E-state index in [2.05, 4.69) is 51.7 Å². The van der Waals surface area contributed by atoms with Crippen LogP contribution >= 0.6 is 0 Å². The highest BCUT2D eigenvalue weighted by molar-refractivity contribution is 7.63. The van der Waals surface area contributed by atoms with Gasteiger partial charge in [0.2, 0.25) is 17.6 Å². The molecule has 0 aromatic rings. The van der Waals surface area contributed by atoms with E-state index in [4.69, 9.17) is 0 Å². The lowest BCUT2D eigenvalue weighted by Gasteiger charge is -2.38. The summed E-state index contributed by atoms with van der Waals surface area (Å²) < 4.78 is 13.2. The summed E-state index contributed by atoms with van der Waals surface area (Å²) in [7, 11) is 0. The van der Waals surface area contributed by atoms with Crippen LogP contribution in [-0.4, -0.2) is 91.3 Å².